The summed E-state index contributed by atoms with van der Waals surface area (Å²) in [5, 5.41) is 2.54. The van der Waals surface area contributed by atoms with Crippen molar-refractivity contribution in [2.24, 2.45) is 0 Å². The Labute approximate surface area is 330 Å². The Balaban J connectivity index is 1.03. The molecule has 2 aromatic heterocycles. The molecule has 0 aliphatic heterocycles. The maximum atomic E-state index is 5.15. The van der Waals surface area contributed by atoms with E-state index in [0.717, 1.165) is 33.6 Å². The molecule has 0 amide bonds. The molecule has 0 saturated carbocycles. The predicted octanol–water partition coefficient (Wildman–Crippen LogP) is 13.9. The molecule has 0 spiro atoms. The molecule has 0 radical (unpaired) electrons. The summed E-state index contributed by atoms with van der Waals surface area (Å²) in [6.07, 6.45) is 0. The SMILES string of the molecule is c1ccc(-c2nc(-c3ccc(-c4ccc5c(c4)C(c4ccccc4)(c4ccccc4)c4ccccc4-5)cc3)cc(-c3ccc4sc5ccccc5c4c3)n2)cc1. The fraction of sp³-hybridized carbons (Fsp3) is 0.0189. The van der Waals surface area contributed by atoms with E-state index in [-0.39, 0.29) is 0 Å². The third-order valence-corrected chi connectivity index (χ3v) is 12.6. The van der Waals surface area contributed by atoms with E-state index in [1.165, 1.54) is 59.1 Å². The fourth-order valence-electron chi connectivity index (χ4n) is 8.80. The van der Waals surface area contributed by atoms with Crippen LogP contribution in [0.2, 0.25) is 0 Å². The first-order valence-corrected chi connectivity index (χ1v) is 19.9. The predicted molar refractivity (Wildman–Crippen MR) is 234 cm³/mol. The Morgan fingerprint density at radius 2 is 0.893 bits per heavy atom. The van der Waals surface area contributed by atoms with E-state index in [9.17, 15) is 0 Å². The Kier molecular flexibility index (Phi) is 7.61. The molecule has 0 N–H and O–H groups in total. The molecule has 10 aromatic rings. The van der Waals surface area contributed by atoms with Gasteiger partial charge in [-0.1, -0.05) is 176 Å². The molecule has 0 bridgehead atoms. The van der Waals surface area contributed by atoms with Gasteiger partial charge in [0.1, 0.15) is 0 Å². The van der Waals surface area contributed by atoms with E-state index >= 15 is 0 Å². The number of aromatic nitrogens is 2. The van der Waals surface area contributed by atoms with Gasteiger partial charge in [0.05, 0.1) is 16.8 Å². The van der Waals surface area contributed by atoms with Crippen molar-refractivity contribution < 1.29 is 0 Å². The molecule has 8 aromatic carbocycles. The van der Waals surface area contributed by atoms with Crippen LogP contribution >= 0.6 is 11.3 Å². The summed E-state index contributed by atoms with van der Waals surface area (Å²) in [4.78, 5) is 10.3. The molecule has 3 heteroatoms. The molecule has 1 aliphatic rings. The summed E-state index contributed by atoms with van der Waals surface area (Å²) in [5.41, 5.74) is 14.6. The van der Waals surface area contributed by atoms with Crippen molar-refractivity contribution >= 4 is 31.5 Å². The van der Waals surface area contributed by atoms with Crippen LogP contribution in [-0.4, -0.2) is 9.97 Å². The third kappa shape index (κ3) is 5.16. The van der Waals surface area contributed by atoms with Crippen LogP contribution in [0.3, 0.4) is 0 Å². The van der Waals surface area contributed by atoms with Gasteiger partial charge >= 0.3 is 0 Å². The van der Waals surface area contributed by atoms with Crippen LogP contribution in [0, 0.1) is 0 Å². The zero-order valence-corrected chi connectivity index (χ0v) is 31.2. The first-order chi connectivity index (χ1) is 27.7. The van der Waals surface area contributed by atoms with Gasteiger partial charge in [0.25, 0.3) is 0 Å². The van der Waals surface area contributed by atoms with E-state index in [0.29, 0.717) is 5.82 Å². The summed E-state index contributed by atoms with van der Waals surface area (Å²) in [6, 6.07) is 74.5. The molecule has 0 atom stereocenters. The second-order valence-corrected chi connectivity index (χ2v) is 15.6. The van der Waals surface area contributed by atoms with E-state index in [4.69, 9.17) is 9.97 Å². The van der Waals surface area contributed by atoms with Crippen LogP contribution in [-0.2, 0) is 5.41 Å². The number of hydrogen-bond acceptors (Lipinski definition) is 3. The summed E-state index contributed by atoms with van der Waals surface area (Å²) < 4.78 is 2.58. The minimum atomic E-state index is -0.437. The van der Waals surface area contributed by atoms with Crippen LogP contribution in [0.25, 0.3) is 76.3 Å². The van der Waals surface area contributed by atoms with Gasteiger partial charge < -0.3 is 0 Å². The molecule has 0 unspecified atom stereocenters. The van der Waals surface area contributed by atoms with E-state index in [1.807, 2.05) is 29.5 Å². The van der Waals surface area contributed by atoms with Gasteiger partial charge in [0.2, 0.25) is 0 Å². The molecular formula is C53H34N2S. The number of rotatable bonds is 6. The minimum absolute atomic E-state index is 0.437. The standard InChI is InChI=1S/C53H34N2S/c1-4-14-37(15-5-1)52-54-48(34-49(55-52)39-29-31-51-45(32-39)44-21-11-13-23-50(44)56-51)36-26-24-35(25-27-36)38-28-30-43-42-20-10-12-22-46(42)53(47(43)33-38,40-16-6-2-7-17-40)41-18-8-3-9-19-41/h1-34H. The van der Waals surface area contributed by atoms with Gasteiger partial charge in [-0.05, 0) is 74.8 Å². The zero-order valence-electron chi connectivity index (χ0n) is 30.4. The first kappa shape index (κ1) is 32.5. The maximum absolute atomic E-state index is 5.15. The van der Waals surface area contributed by atoms with Crippen molar-refractivity contribution in [1.82, 2.24) is 9.97 Å². The van der Waals surface area contributed by atoms with Crippen LogP contribution in [0.5, 0.6) is 0 Å². The van der Waals surface area contributed by atoms with Crippen molar-refractivity contribution in [3.05, 3.63) is 229 Å². The summed E-state index contributed by atoms with van der Waals surface area (Å²) >= 11 is 1.83. The van der Waals surface area contributed by atoms with Crippen molar-refractivity contribution in [3.63, 3.8) is 0 Å². The Bertz CT molecular complexity index is 3020. The normalized spacial score (nSPS) is 12.8. The highest BCUT2D eigenvalue weighted by molar-refractivity contribution is 7.25. The zero-order chi connectivity index (χ0) is 37.1. The average Bonchev–Trinajstić information content (AvgIpc) is 3.80. The monoisotopic (exact) mass is 730 g/mol. The van der Waals surface area contributed by atoms with Gasteiger partial charge in [-0.25, -0.2) is 9.97 Å². The molecule has 262 valence electrons. The Morgan fingerprint density at radius 3 is 1.64 bits per heavy atom. The molecule has 11 rings (SSSR count). The molecule has 2 nitrogen and oxygen atoms in total. The molecule has 2 heterocycles. The van der Waals surface area contributed by atoms with Crippen LogP contribution in [0.15, 0.2) is 206 Å². The highest BCUT2D eigenvalue weighted by atomic mass is 32.1. The van der Waals surface area contributed by atoms with Crippen molar-refractivity contribution in [2.45, 2.75) is 5.41 Å². The topological polar surface area (TPSA) is 25.8 Å². The average molecular weight is 731 g/mol. The van der Waals surface area contributed by atoms with Gasteiger partial charge in [-0.2, -0.15) is 0 Å². The molecule has 0 fully saturated rings. The third-order valence-electron chi connectivity index (χ3n) is 11.4. The van der Waals surface area contributed by atoms with Crippen LogP contribution in [0.1, 0.15) is 22.3 Å². The number of fused-ring (bicyclic) bond motifs is 6. The van der Waals surface area contributed by atoms with Crippen molar-refractivity contribution in [3.8, 4) is 56.2 Å². The highest BCUT2D eigenvalue weighted by Crippen LogP contribution is 2.56. The summed E-state index contributed by atoms with van der Waals surface area (Å²) in [6.45, 7) is 0. The van der Waals surface area contributed by atoms with Crippen molar-refractivity contribution in [1.29, 1.82) is 0 Å². The lowest BCUT2D eigenvalue weighted by Crippen LogP contribution is -2.28. The first-order valence-electron chi connectivity index (χ1n) is 19.1. The van der Waals surface area contributed by atoms with Crippen LogP contribution in [0.4, 0.5) is 0 Å². The second kappa shape index (κ2) is 13.1. The smallest absolute Gasteiger partial charge is 0.160 e. The number of benzene rings is 8. The largest absolute Gasteiger partial charge is 0.228 e. The fourth-order valence-corrected chi connectivity index (χ4v) is 9.89. The van der Waals surface area contributed by atoms with Crippen LogP contribution < -0.4 is 0 Å². The molecule has 0 saturated heterocycles. The van der Waals surface area contributed by atoms with Gasteiger partial charge in [-0.15, -0.1) is 11.3 Å². The summed E-state index contributed by atoms with van der Waals surface area (Å²) in [5.74, 6) is 0.716. The second-order valence-electron chi connectivity index (χ2n) is 14.5. The lowest BCUT2D eigenvalue weighted by Gasteiger charge is -2.34. The lowest BCUT2D eigenvalue weighted by molar-refractivity contribution is 0.769. The van der Waals surface area contributed by atoms with E-state index in [2.05, 4.69) is 188 Å². The quantitative estimate of drug-likeness (QED) is 0.170. The van der Waals surface area contributed by atoms with Gasteiger partial charge in [0.15, 0.2) is 5.82 Å². The van der Waals surface area contributed by atoms with E-state index in [1.54, 1.807) is 0 Å². The molecule has 56 heavy (non-hydrogen) atoms. The maximum Gasteiger partial charge on any atom is 0.160 e. The molecular weight excluding hydrogens is 697 g/mol. The lowest BCUT2D eigenvalue weighted by atomic mass is 9.67. The number of hydrogen-bond donors (Lipinski definition) is 0. The van der Waals surface area contributed by atoms with Gasteiger partial charge in [0, 0.05) is 36.9 Å². The summed E-state index contributed by atoms with van der Waals surface area (Å²) in [7, 11) is 0. The number of thiophene rings is 1. The van der Waals surface area contributed by atoms with E-state index < -0.39 is 5.41 Å². The number of nitrogens with zero attached hydrogens (tertiary/aromatic N) is 2. The van der Waals surface area contributed by atoms with Gasteiger partial charge in [-0.3, -0.25) is 0 Å². The van der Waals surface area contributed by atoms with Crippen molar-refractivity contribution in [2.75, 3.05) is 0 Å². The Hall–Kier alpha value is -6.94. The minimum Gasteiger partial charge on any atom is -0.228 e. The Morgan fingerprint density at radius 1 is 0.339 bits per heavy atom. The highest BCUT2D eigenvalue weighted by Gasteiger charge is 2.46. The molecule has 1 aliphatic carbocycles.